The molecule has 1 spiro atoms. The first-order valence-electron chi connectivity index (χ1n) is 7.43. The maximum absolute atomic E-state index is 5.79. The van der Waals surface area contributed by atoms with Gasteiger partial charge in [0.25, 0.3) is 0 Å². The maximum atomic E-state index is 5.79. The fourth-order valence-corrected chi connectivity index (χ4v) is 3.00. The molecule has 1 aromatic rings. The van der Waals surface area contributed by atoms with Crippen molar-refractivity contribution in [3.63, 3.8) is 0 Å². The van der Waals surface area contributed by atoms with E-state index in [2.05, 4.69) is 41.4 Å². The van der Waals surface area contributed by atoms with Gasteiger partial charge in [-0.15, -0.1) is 0 Å². The Morgan fingerprint density at radius 3 is 2.89 bits per heavy atom. The molecule has 3 rings (SSSR count). The molecule has 3 heteroatoms. The van der Waals surface area contributed by atoms with Crippen molar-refractivity contribution in [3.8, 4) is 5.75 Å². The monoisotopic (exact) mass is 260 g/mol. The normalized spacial score (nSPS) is 25.2. The third kappa shape index (κ3) is 2.71. The van der Waals surface area contributed by atoms with Crippen LogP contribution in [0.3, 0.4) is 0 Å². The van der Waals surface area contributed by atoms with Gasteiger partial charge < -0.3 is 15.0 Å². The highest BCUT2D eigenvalue weighted by Crippen LogP contribution is 2.47. The fraction of sp³-hybridized carbons (Fsp3) is 0.625. The molecule has 104 valence electrons. The molecule has 1 aliphatic carbocycles. The lowest BCUT2D eigenvalue weighted by atomic mass is 10.1. The van der Waals surface area contributed by atoms with E-state index < -0.39 is 0 Å². The lowest BCUT2D eigenvalue weighted by Gasteiger charge is -2.28. The van der Waals surface area contributed by atoms with Crippen molar-refractivity contribution >= 4 is 5.69 Å². The molecule has 2 fully saturated rings. The smallest absolute Gasteiger partial charge is 0.142 e. The Morgan fingerprint density at radius 1 is 1.37 bits per heavy atom. The first-order valence-corrected chi connectivity index (χ1v) is 7.43. The maximum Gasteiger partial charge on any atom is 0.142 e. The molecule has 1 N–H and O–H groups in total. The number of rotatable bonds is 3. The van der Waals surface area contributed by atoms with Crippen LogP contribution in [0.15, 0.2) is 24.3 Å². The van der Waals surface area contributed by atoms with E-state index in [1.54, 1.807) is 0 Å². The molecule has 0 bridgehead atoms. The van der Waals surface area contributed by atoms with Crippen molar-refractivity contribution in [2.24, 2.45) is 5.41 Å². The van der Waals surface area contributed by atoms with Crippen LogP contribution in [0.1, 0.15) is 26.7 Å². The van der Waals surface area contributed by atoms with Gasteiger partial charge in [-0.25, -0.2) is 0 Å². The average Bonchev–Trinajstić information content (AvgIpc) is 3.19. The summed E-state index contributed by atoms with van der Waals surface area (Å²) in [4.78, 5) is 2.52. The van der Waals surface area contributed by atoms with Crippen LogP contribution in [0.2, 0.25) is 0 Å². The van der Waals surface area contributed by atoms with Gasteiger partial charge in [0.05, 0.1) is 12.3 Å². The summed E-state index contributed by atoms with van der Waals surface area (Å²) in [6.07, 6.45) is 2.72. The minimum Gasteiger partial charge on any atom is -0.492 e. The third-order valence-electron chi connectivity index (χ3n) is 4.31. The van der Waals surface area contributed by atoms with Crippen LogP contribution in [-0.2, 0) is 0 Å². The largest absolute Gasteiger partial charge is 0.492 e. The van der Waals surface area contributed by atoms with Crippen LogP contribution < -0.4 is 15.0 Å². The Labute approximate surface area is 115 Å². The quantitative estimate of drug-likeness (QED) is 0.904. The second-order valence-corrected chi connectivity index (χ2v) is 6.06. The third-order valence-corrected chi connectivity index (χ3v) is 4.31. The molecular formula is C16H24N2O. The number of nitrogens with zero attached hydrogens (tertiary/aromatic N) is 1. The zero-order chi connectivity index (χ0) is 13.3. The van der Waals surface area contributed by atoms with E-state index in [1.807, 2.05) is 6.92 Å². The Kier molecular flexibility index (Phi) is 3.40. The van der Waals surface area contributed by atoms with Crippen molar-refractivity contribution in [1.82, 2.24) is 5.32 Å². The summed E-state index contributed by atoms with van der Waals surface area (Å²) in [6.45, 7) is 8.44. The molecule has 0 radical (unpaired) electrons. The van der Waals surface area contributed by atoms with Crippen LogP contribution in [0.5, 0.6) is 5.75 Å². The molecule has 1 saturated carbocycles. The molecule has 1 atom stereocenters. The van der Waals surface area contributed by atoms with Crippen LogP contribution in [0, 0.1) is 5.41 Å². The standard InChI is InChI=1S/C16H24N2O/c1-3-19-15-7-5-4-6-14(15)18-10-13(2)17-11-16(12-18)8-9-16/h4-7,13,17H,3,8-12H2,1-2H3. The summed E-state index contributed by atoms with van der Waals surface area (Å²) < 4.78 is 5.79. The van der Waals surface area contributed by atoms with Gasteiger partial charge in [0.2, 0.25) is 0 Å². The van der Waals surface area contributed by atoms with Gasteiger partial charge in [0.1, 0.15) is 5.75 Å². The Balaban J connectivity index is 1.86. The van der Waals surface area contributed by atoms with Crippen LogP contribution in [0.4, 0.5) is 5.69 Å². The first-order chi connectivity index (χ1) is 9.22. The number of ether oxygens (including phenoxy) is 1. The highest BCUT2D eigenvalue weighted by molar-refractivity contribution is 5.59. The van der Waals surface area contributed by atoms with Gasteiger partial charge in [-0.1, -0.05) is 12.1 Å². The molecule has 1 aromatic carbocycles. The Morgan fingerprint density at radius 2 is 2.16 bits per heavy atom. The van der Waals surface area contributed by atoms with E-state index in [-0.39, 0.29) is 0 Å². The van der Waals surface area contributed by atoms with E-state index in [1.165, 1.54) is 25.1 Å². The van der Waals surface area contributed by atoms with Crippen molar-refractivity contribution in [1.29, 1.82) is 0 Å². The van der Waals surface area contributed by atoms with Gasteiger partial charge in [0, 0.05) is 31.1 Å². The van der Waals surface area contributed by atoms with E-state index in [0.717, 1.165) is 25.4 Å². The van der Waals surface area contributed by atoms with Gasteiger partial charge in [-0.2, -0.15) is 0 Å². The molecule has 0 amide bonds. The van der Waals surface area contributed by atoms with E-state index in [4.69, 9.17) is 4.74 Å². The summed E-state index contributed by atoms with van der Waals surface area (Å²) in [5, 5.41) is 3.67. The number of hydrogen-bond acceptors (Lipinski definition) is 3. The van der Waals surface area contributed by atoms with Crippen LogP contribution >= 0.6 is 0 Å². The molecule has 0 aromatic heterocycles. The predicted molar refractivity (Wildman–Crippen MR) is 79.0 cm³/mol. The lowest BCUT2D eigenvalue weighted by molar-refractivity contribution is 0.340. The molecule has 1 heterocycles. The molecule has 1 unspecified atom stereocenters. The lowest BCUT2D eigenvalue weighted by Crippen LogP contribution is -2.35. The topological polar surface area (TPSA) is 24.5 Å². The van der Waals surface area contributed by atoms with Gasteiger partial charge in [-0.3, -0.25) is 0 Å². The number of anilines is 1. The highest BCUT2D eigenvalue weighted by Gasteiger charge is 2.45. The molecule has 3 nitrogen and oxygen atoms in total. The second kappa shape index (κ2) is 5.04. The number of benzene rings is 1. The molecule has 19 heavy (non-hydrogen) atoms. The average molecular weight is 260 g/mol. The van der Waals surface area contributed by atoms with E-state index >= 15 is 0 Å². The minimum absolute atomic E-state index is 0.518. The van der Waals surface area contributed by atoms with Crippen molar-refractivity contribution in [2.45, 2.75) is 32.7 Å². The summed E-state index contributed by atoms with van der Waals surface area (Å²) in [5.41, 5.74) is 1.77. The zero-order valence-corrected chi connectivity index (χ0v) is 12.0. The van der Waals surface area contributed by atoms with Gasteiger partial charge in [0.15, 0.2) is 0 Å². The number of nitrogens with one attached hydrogen (secondary N) is 1. The molecule has 1 aliphatic heterocycles. The number of para-hydroxylation sites is 2. The van der Waals surface area contributed by atoms with Crippen molar-refractivity contribution < 1.29 is 4.74 Å². The van der Waals surface area contributed by atoms with Crippen LogP contribution in [0.25, 0.3) is 0 Å². The second-order valence-electron chi connectivity index (χ2n) is 6.06. The van der Waals surface area contributed by atoms with E-state index in [0.29, 0.717) is 11.5 Å². The summed E-state index contributed by atoms with van der Waals surface area (Å²) in [5.74, 6) is 1.02. The first kappa shape index (κ1) is 12.8. The molecule has 1 saturated heterocycles. The Bertz CT molecular complexity index is 442. The fourth-order valence-electron chi connectivity index (χ4n) is 3.00. The highest BCUT2D eigenvalue weighted by atomic mass is 16.5. The minimum atomic E-state index is 0.518. The van der Waals surface area contributed by atoms with Gasteiger partial charge in [-0.05, 0) is 38.8 Å². The molecule has 2 aliphatic rings. The summed E-state index contributed by atoms with van der Waals surface area (Å²) >= 11 is 0. The van der Waals surface area contributed by atoms with Crippen molar-refractivity contribution in [3.05, 3.63) is 24.3 Å². The number of hydrogen-bond donors (Lipinski definition) is 1. The Hall–Kier alpha value is -1.22. The van der Waals surface area contributed by atoms with Gasteiger partial charge >= 0.3 is 0 Å². The zero-order valence-electron chi connectivity index (χ0n) is 12.0. The van der Waals surface area contributed by atoms with Crippen molar-refractivity contribution in [2.75, 3.05) is 31.1 Å². The predicted octanol–water partition coefficient (Wildman–Crippen LogP) is 2.66. The SMILES string of the molecule is CCOc1ccccc1N1CC(C)NCC2(CC2)C1. The van der Waals surface area contributed by atoms with E-state index in [9.17, 15) is 0 Å². The summed E-state index contributed by atoms with van der Waals surface area (Å²) in [6, 6.07) is 8.98. The molecular weight excluding hydrogens is 236 g/mol. The van der Waals surface area contributed by atoms with Crippen LogP contribution in [-0.4, -0.2) is 32.3 Å². The summed E-state index contributed by atoms with van der Waals surface area (Å²) in [7, 11) is 0.